The molecule has 0 unspecified atom stereocenters. The lowest BCUT2D eigenvalue weighted by molar-refractivity contribution is -0.116. The lowest BCUT2D eigenvalue weighted by atomic mass is 10.2. The molecular formula is C21H22N2O7S2. The van der Waals surface area contributed by atoms with Gasteiger partial charge in [-0.05, 0) is 18.2 Å². The molecule has 1 aromatic heterocycles. The predicted octanol–water partition coefficient (Wildman–Crippen LogP) is 2.96. The van der Waals surface area contributed by atoms with E-state index in [2.05, 4.69) is 5.32 Å². The van der Waals surface area contributed by atoms with Crippen molar-refractivity contribution in [2.24, 2.45) is 0 Å². The molecule has 32 heavy (non-hydrogen) atoms. The second kappa shape index (κ2) is 9.55. The highest BCUT2D eigenvalue weighted by atomic mass is 32.2. The molecule has 3 rings (SSSR count). The fourth-order valence-electron chi connectivity index (χ4n) is 3.04. The maximum atomic E-state index is 13.3. The number of methoxy groups -OCH3 is 3. The summed E-state index contributed by atoms with van der Waals surface area (Å²) in [6.45, 7) is -0.484. The van der Waals surface area contributed by atoms with Crippen molar-refractivity contribution in [2.45, 2.75) is 4.90 Å². The molecule has 0 fully saturated rings. The van der Waals surface area contributed by atoms with Gasteiger partial charge >= 0.3 is 5.97 Å². The second-order valence-corrected chi connectivity index (χ2v) is 9.66. The number of ether oxygens (including phenoxy) is 3. The third kappa shape index (κ3) is 4.54. The Bertz CT molecular complexity index is 1270. The fraction of sp³-hybridized carbons (Fsp3) is 0.238. The Balaban J connectivity index is 1.89. The average molecular weight is 479 g/mol. The quantitative estimate of drug-likeness (QED) is 0.496. The zero-order valence-corrected chi connectivity index (χ0v) is 19.5. The highest BCUT2D eigenvalue weighted by molar-refractivity contribution is 7.89. The van der Waals surface area contributed by atoms with Gasteiger partial charge in [-0.15, -0.1) is 11.3 Å². The molecule has 170 valence electrons. The van der Waals surface area contributed by atoms with Gasteiger partial charge < -0.3 is 19.5 Å². The minimum atomic E-state index is -4.19. The molecule has 0 atom stereocenters. The average Bonchev–Trinajstić information content (AvgIpc) is 3.19. The summed E-state index contributed by atoms with van der Waals surface area (Å²) in [7, 11) is 1.21. The van der Waals surface area contributed by atoms with Crippen LogP contribution in [-0.2, 0) is 19.6 Å². The van der Waals surface area contributed by atoms with Crippen molar-refractivity contribution >= 4 is 49.0 Å². The number of carbonyl (C=O) groups is 2. The minimum Gasteiger partial charge on any atom is -0.497 e. The van der Waals surface area contributed by atoms with Crippen LogP contribution in [0, 0.1) is 0 Å². The summed E-state index contributed by atoms with van der Waals surface area (Å²) in [5, 5.41) is 3.02. The third-order valence-electron chi connectivity index (χ3n) is 4.64. The number of rotatable bonds is 8. The lowest BCUT2D eigenvalue weighted by Crippen LogP contribution is -2.35. The summed E-state index contributed by atoms with van der Waals surface area (Å²) in [5.41, 5.74) is 0.361. The van der Waals surface area contributed by atoms with Crippen LogP contribution in [-0.4, -0.2) is 59.5 Å². The number of anilines is 1. The largest absolute Gasteiger partial charge is 0.497 e. The van der Waals surface area contributed by atoms with Gasteiger partial charge in [0.25, 0.3) is 0 Å². The SMILES string of the molecule is COC(=O)c1sc2ccccc2c1S(=O)(=O)N(C)CC(=O)Nc1ccc(OC)cc1OC. The molecule has 0 saturated carbocycles. The number of amides is 1. The van der Waals surface area contributed by atoms with E-state index in [4.69, 9.17) is 14.2 Å². The lowest BCUT2D eigenvalue weighted by Gasteiger charge is -2.18. The van der Waals surface area contributed by atoms with Gasteiger partial charge in [0.15, 0.2) is 0 Å². The van der Waals surface area contributed by atoms with Crippen molar-refractivity contribution < 1.29 is 32.2 Å². The molecule has 1 heterocycles. The maximum absolute atomic E-state index is 13.3. The molecule has 1 amide bonds. The highest BCUT2D eigenvalue weighted by Gasteiger charge is 2.33. The summed E-state index contributed by atoms with van der Waals surface area (Å²) >= 11 is 1.02. The Hall–Kier alpha value is -3.15. The van der Waals surface area contributed by atoms with Crippen LogP contribution >= 0.6 is 11.3 Å². The number of nitrogens with one attached hydrogen (secondary N) is 1. The number of hydrogen-bond donors (Lipinski definition) is 1. The number of thiophene rings is 1. The highest BCUT2D eigenvalue weighted by Crippen LogP contribution is 2.36. The molecular weight excluding hydrogens is 456 g/mol. The first-order chi connectivity index (χ1) is 15.2. The van der Waals surface area contributed by atoms with Crippen LogP contribution in [0.5, 0.6) is 11.5 Å². The summed E-state index contributed by atoms with van der Waals surface area (Å²) in [6, 6.07) is 11.6. The van der Waals surface area contributed by atoms with Crippen LogP contribution in [0.4, 0.5) is 5.69 Å². The number of sulfonamides is 1. The number of benzene rings is 2. The smallest absolute Gasteiger partial charge is 0.349 e. The molecule has 0 aliphatic carbocycles. The van der Waals surface area contributed by atoms with E-state index in [0.29, 0.717) is 27.3 Å². The summed E-state index contributed by atoms with van der Waals surface area (Å²) < 4.78 is 43.3. The van der Waals surface area contributed by atoms with Gasteiger partial charge in [0.05, 0.1) is 33.6 Å². The Morgan fingerprint density at radius 3 is 2.44 bits per heavy atom. The topological polar surface area (TPSA) is 111 Å². The molecule has 0 radical (unpaired) electrons. The van der Waals surface area contributed by atoms with Crippen LogP contribution < -0.4 is 14.8 Å². The Morgan fingerprint density at radius 2 is 1.78 bits per heavy atom. The van der Waals surface area contributed by atoms with E-state index in [1.54, 1.807) is 42.5 Å². The van der Waals surface area contributed by atoms with Crippen molar-refractivity contribution in [3.8, 4) is 11.5 Å². The van der Waals surface area contributed by atoms with E-state index >= 15 is 0 Å². The Kier molecular flexibility index (Phi) is 7.02. The predicted molar refractivity (Wildman–Crippen MR) is 121 cm³/mol. The Labute approximate surface area is 189 Å². The molecule has 0 spiro atoms. The number of carbonyl (C=O) groups excluding carboxylic acids is 2. The first kappa shape index (κ1) is 23.5. The van der Waals surface area contributed by atoms with E-state index in [1.165, 1.54) is 28.4 Å². The van der Waals surface area contributed by atoms with Crippen LogP contribution in [0.25, 0.3) is 10.1 Å². The molecule has 2 aromatic carbocycles. The van der Waals surface area contributed by atoms with Gasteiger partial charge in [-0.1, -0.05) is 18.2 Å². The molecule has 1 N–H and O–H groups in total. The van der Waals surface area contributed by atoms with E-state index < -0.39 is 28.4 Å². The number of esters is 1. The molecule has 0 saturated heterocycles. The van der Waals surface area contributed by atoms with Gasteiger partial charge in [0.1, 0.15) is 21.3 Å². The number of hydrogen-bond acceptors (Lipinski definition) is 8. The third-order valence-corrected chi connectivity index (χ3v) is 7.81. The van der Waals surface area contributed by atoms with Crippen LogP contribution in [0.15, 0.2) is 47.4 Å². The van der Waals surface area contributed by atoms with Crippen LogP contribution in [0.1, 0.15) is 9.67 Å². The van der Waals surface area contributed by atoms with Crippen molar-refractivity contribution in [2.75, 3.05) is 40.2 Å². The first-order valence-corrected chi connectivity index (χ1v) is 11.6. The molecule has 11 heteroatoms. The maximum Gasteiger partial charge on any atom is 0.349 e. The number of nitrogens with zero attached hydrogens (tertiary/aromatic N) is 1. The monoisotopic (exact) mass is 478 g/mol. The Morgan fingerprint density at radius 1 is 1.06 bits per heavy atom. The molecule has 3 aromatic rings. The molecule has 0 aliphatic heterocycles. The second-order valence-electron chi connectivity index (χ2n) is 6.62. The molecule has 0 aliphatic rings. The van der Waals surface area contributed by atoms with E-state index in [1.807, 2.05) is 0 Å². The van der Waals surface area contributed by atoms with Crippen molar-refractivity contribution in [3.63, 3.8) is 0 Å². The first-order valence-electron chi connectivity index (χ1n) is 9.31. The van der Waals surface area contributed by atoms with Crippen molar-refractivity contribution in [3.05, 3.63) is 47.3 Å². The van der Waals surface area contributed by atoms with Gasteiger partial charge in [-0.25, -0.2) is 13.2 Å². The minimum absolute atomic E-state index is 0.0437. The fourth-order valence-corrected chi connectivity index (χ4v) is 5.93. The number of fused-ring (bicyclic) bond motifs is 1. The number of likely N-dealkylation sites (N-methyl/N-ethyl adjacent to an activating group) is 1. The van der Waals surface area contributed by atoms with E-state index in [-0.39, 0.29) is 9.77 Å². The van der Waals surface area contributed by atoms with Crippen molar-refractivity contribution in [1.82, 2.24) is 4.31 Å². The summed E-state index contributed by atoms with van der Waals surface area (Å²) in [6.07, 6.45) is 0. The van der Waals surface area contributed by atoms with Gasteiger partial charge in [0, 0.05) is 23.2 Å². The van der Waals surface area contributed by atoms with Gasteiger partial charge in [-0.3, -0.25) is 4.79 Å². The van der Waals surface area contributed by atoms with Gasteiger partial charge in [0.2, 0.25) is 15.9 Å². The van der Waals surface area contributed by atoms with E-state index in [0.717, 1.165) is 15.6 Å². The molecule has 9 nitrogen and oxygen atoms in total. The van der Waals surface area contributed by atoms with Gasteiger partial charge in [-0.2, -0.15) is 4.31 Å². The zero-order chi connectivity index (χ0) is 23.5. The van der Waals surface area contributed by atoms with E-state index in [9.17, 15) is 18.0 Å². The summed E-state index contributed by atoms with van der Waals surface area (Å²) in [5.74, 6) is -0.441. The van der Waals surface area contributed by atoms with Crippen molar-refractivity contribution in [1.29, 1.82) is 0 Å². The molecule has 0 bridgehead atoms. The van der Waals surface area contributed by atoms with Crippen LogP contribution in [0.2, 0.25) is 0 Å². The summed E-state index contributed by atoms with van der Waals surface area (Å²) in [4.78, 5) is 24.6. The standard InChI is InChI=1S/C21H22N2O7S2/c1-23(12-18(24)22-15-10-9-13(28-2)11-16(15)29-3)32(26,27)20-14-7-5-6-8-17(14)31-19(20)21(25)30-4/h5-11H,12H2,1-4H3,(H,22,24). The zero-order valence-electron chi connectivity index (χ0n) is 17.9. The van der Waals surface area contributed by atoms with Crippen LogP contribution in [0.3, 0.4) is 0 Å². The normalized spacial score (nSPS) is 11.4.